The van der Waals surface area contributed by atoms with Crippen LogP contribution in [0.5, 0.6) is 0 Å². The molecule has 118 valence electrons. The van der Waals surface area contributed by atoms with Gasteiger partial charge in [-0.2, -0.15) is 0 Å². The van der Waals surface area contributed by atoms with Crippen LogP contribution in [0, 0.1) is 0 Å². The van der Waals surface area contributed by atoms with E-state index in [4.69, 9.17) is 4.74 Å². The zero-order valence-corrected chi connectivity index (χ0v) is 13.7. The predicted octanol–water partition coefficient (Wildman–Crippen LogP) is 2.94. The van der Waals surface area contributed by atoms with E-state index in [2.05, 4.69) is 43.5 Å². The van der Waals surface area contributed by atoms with Crippen molar-refractivity contribution in [3.05, 3.63) is 29.8 Å². The van der Waals surface area contributed by atoms with Crippen LogP contribution in [0.3, 0.4) is 0 Å². The first-order valence-electron chi connectivity index (χ1n) is 7.53. The third kappa shape index (κ3) is 7.25. The van der Waals surface area contributed by atoms with Gasteiger partial charge < -0.3 is 15.4 Å². The number of nitrogens with one attached hydrogen (secondary N) is 2. The average molecular weight is 292 g/mol. The third-order valence-electron chi connectivity index (χ3n) is 3.27. The van der Waals surface area contributed by atoms with Gasteiger partial charge in [0.05, 0.1) is 0 Å². The van der Waals surface area contributed by atoms with Crippen LogP contribution in [-0.2, 0) is 14.9 Å². The highest BCUT2D eigenvalue weighted by atomic mass is 16.5. The molecule has 0 atom stereocenters. The Balaban J connectivity index is 2.28. The van der Waals surface area contributed by atoms with Gasteiger partial charge in [-0.3, -0.25) is 4.79 Å². The van der Waals surface area contributed by atoms with Crippen LogP contribution in [0.4, 0.5) is 5.69 Å². The molecule has 1 aromatic carbocycles. The van der Waals surface area contributed by atoms with Gasteiger partial charge in [-0.15, -0.1) is 0 Å². The number of anilines is 1. The minimum Gasteiger partial charge on any atom is -0.385 e. The van der Waals surface area contributed by atoms with Crippen molar-refractivity contribution in [3.8, 4) is 0 Å². The van der Waals surface area contributed by atoms with Gasteiger partial charge in [0, 0.05) is 32.4 Å². The summed E-state index contributed by atoms with van der Waals surface area (Å²) in [6, 6.07) is 8.06. The molecule has 4 nitrogen and oxygen atoms in total. The van der Waals surface area contributed by atoms with Crippen molar-refractivity contribution >= 4 is 11.6 Å². The van der Waals surface area contributed by atoms with Crippen LogP contribution in [-0.4, -0.2) is 32.7 Å². The zero-order valence-electron chi connectivity index (χ0n) is 13.7. The maximum Gasteiger partial charge on any atom is 0.225 e. The summed E-state index contributed by atoms with van der Waals surface area (Å²) in [4.78, 5) is 11.8. The minimum atomic E-state index is 0.0396. The molecule has 1 amide bonds. The Bertz CT molecular complexity index is 421. The SMILES string of the molecule is COCCCNCCC(=O)Nc1ccc(C(C)(C)C)cc1. The molecule has 0 fully saturated rings. The van der Waals surface area contributed by atoms with Crippen LogP contribution in [0.1, 0.15) is 39.2 Å². The van der Waals surface area contributed by atoms with Crippen LogP contribution in [0.25, 0.3) is 0 Å². The smallest absolute Gasteiger partial charge is 0.225 e. The number of hydrogen-bond donors (Lipinski definition) is 2. The summed E-state index contributed by atoms with van der Waals surface area (Å²) in [5.74, 6) is 0.0396. The molecule has 0 aromatic heterocycles. The third-order valence-corrected chi connectivity index (χ3v) is 3.27. The molecule has 0 spiro atoms. The van der Waals surface area contributed by atoms with Crippen LogP contribution < -0.4 is 10.6 Å². The standard InChI is InChI=1S/C17H28N2O2/c1-17(2,3)14-6-8-15(9-7-14)19-16(20)10-12-18-11-5-13-21-4/h6-9,18H,5,10-13H2,1-4H3,(H,19,20). The van der Waals surface area contributed by atoms with E-state index in [0.29, 0.717) is 13.0 Å². The lowest BCUT2D eigenvalue weighted by atomic mass is 9.87. The van der Waals surface area contributed by atoms with E-state index in [1.54, 1.807) is 7.11 Å². The fourth-order valence-electron chi connectivity index (χ4n) is 1.95. The lowest BCUT2D eigenvalue weighted by Gasteiger charge is -2.19. The Morgan fingerprint density at radius 3 is 2.38 bits per heavy atom. The van der Waals surface area contributed by atoms with E-state index in [0.717, 1.165) is 25.3 Å². The maximum absolute atomic E-state index is 11.8. The van der Waals surface area contributed by atoms with Gasteiger partial charge in [0.1, 0.15) is 0 Å². The van der Waals surface area contributed by atoms with Gasteiger partial charge in [-0.1, -0.05) is 32.9 Å². The monoisotopic (exact) mass is 292 g/mol. The van der Waals surface area contributed by atoms with Gasteiger partial charge in [-0.05, 0) is 36.1 Å². The van der Waals surface area contributed by atoms with Crippen molar-refractivity contribution in [3.63, 3.8) is 0 Å². The van der Waals surface area contributed by atoms with Gasteiger partial charge >= 0.3 is 0 Å². The molecule has 0 aliphatic rings. The number of hydrogen-bond acceptors (Lipinski definition) is 3. The molecule has 0 saturated carbocycles. The highest BCUT2D eigenvalue weighted by molar-refractivity contribution is 5.90. The van der Waals surface area contributed by atoms with Gasteiger partial charge in [0.2, 0.25) is 5.91 Å². The molecule has 0 radical (unpaired) electrons. The van der Waals surface area contributed by atoms with Crippen molar-refractivity contribution in [2.45, 2.75) is 39.0 Å². The molecule has 0 aliphatic heterocycles. The summed E-state index contributed by atoms with van der Waals surface area (Å²) >= 11 is 0. The first-order chi connectivity index (χ1) is 9.93. The summed E-state index contributed by atoms with van der Waals surface area (Å²) in [6.45, 7) is 8.85. The number of amides is 1. The molecule has 21 heavy (non-hydrogen) atoms. The summed E-state index contributed by atoms with van der Waals surface area (Å²) in [7, 11) is 1.69. The maximum atomic E-state index is 11.8. The van der Waals surface area contributed by atoms with Gasteiger partial charge in [-0.25, -0.2) is 0 Å². The average Bonchev–Trinajstić information content (AvgIpc) is 2.42. The summed E-state index contributed by atoms with van der Waals surface area (Å²) in [6.07, 6.45) is 1.44. The van der Waals surface area contributed by atoms with Crippen molar-refractivity contribution in [1.82, 2.24) is 5.32 Å². The van der Waals surface area contributed by atoms with E-state index >= 15 is 0 Å². The number of carbonyl (C=O) groups excluding carboxylic acids is 1. The van der Waals surface area contributed by atoms with E-state index in [1.807, 2.05) is 12.1 Å². The topological polar surface area (TPSA) is 50.4 Å². The van der Waals surface area contributed by atoms with Gasteiger partial charge in [0.25, 0.3) is 0 Å². The van der Waals surface area contributed by atoms with Crippen molar-refractivity contribution in [2.24, 2.45) is 0 Å². The molecular formula is C17H28N2O2. The Hall–Kier alpha value is -1.39. The molecule has 0 unspecified atom stereocenters. The molecule has 0 saturated heterocycles. The molecular weight excluding hydrogens is 264 g/mol. The highest BCUT2D eigenvalue weighted by Crippen LogP contribution is 2.23. The van der Waals surface area contributed by atoms with E-state index in [1.165, 1.54) is 5.56 Å². The zero-order chi connectivity index (χ0) is 15.7. The van der Waals surface area contributed by atoms with Crippen LogP contribution in [0.2, 0.25) is 0 Å². The Morgan fingerprint density at radius 2 is 1.81 bits per heavy atom. The second-order valence-corrected chi connectivity index (χ2v) is 6.22. The lowest BCUT2D eigenvalue weighted by Crippen LogP contribution is -2.23. The predicted molar refractivity (Wildman–Crippen MR) is 87.8 cm³/mol. The largest absolute Gasteiger partial charge is 0.385 e. The van der Waals surface area contributed by atoms with Crippen LogP contribution in [0.15, 0.2) is 24.3 Å². The van der Waals surface area contributed by atoms with Gasteiger partial charge in [0.15, 0.2) is 0 Å². The fraction of sp³-hybridized carbons (Fsp3) is 0.588. The number of rotatable bonds is 8. The van der Waals surface area contributed by atoms with E-state index in [9.17, 15) is 4.79 Å². The Kier molecular flexibility index (Phi) is 7.40. The first-order valence-corrected chi connectivity index (χ1v) is 7.53. The normalized spacial score (nSPS) is 11.4. The lowest BCUT2D eigenvalue weighted by molar-refractivity contribution is -0.116. The number of ether oxygens (including phenoxy) is 1. The second kappa shape index (κ2) is 8.80. The summed E-state index contributed by atoms with van der Waals surface area (Å²) in [5, 5.41) is 6.14. The van der Waals surface area contributed by atoms with E-state index in [-0.39, 0.29) is 11.3 Å². The summed E-state index contributed by atoms with van der Waals surface area (Å²) < 4.78 is 4.96. The summed E-state index contributed by atoms with van der Waals surface area (Å²) in [5.41, 5.74) is 2.25. The van der Waals surface area contributed by atoms with Crippen LogP contribution >= 0.6 is 0 Å². The Labute approximate surface area is 128 Å². The van der Waals surface area contributed by atoms with E-state index < -0.39 is 0 Å². The molecule has 0 heterocycles. The molecule has 0 aliphatic carbocycles. The number of methoxy groups -OCH3 is 1. The van der Waals surface area contributed by atoms with Crippen molar-refractivity contribution < 1.29 is 9.53 Å². The van der Waals surface area contributed by atoms with Crippen molar-refractivity contribution in [1.29, 1.82) is 0 Å². The Morgan fingerprint density at radius 1 is 1.14 bits per heavy atom. The fourth-order valence-corrected chi connectivity index (χ4v) is 1.95. The molecule has 1 rings (SSSR count). The molecule has 4 heteroatoms. The highest BCUT2D eigenvalue weighted by Gasteiger charge is 2.13. The first kappa shape index (κ1) is 17.7. The number of benzene rings is 1. The molecule has 2 N–H and O–H groups in total. The minimum absolute atomic E-state index is 0.0396. The quantitative estimate of drug-likeness (QED) is 0.724. The van der Waals surface area contributed by atoms with Crippen molar-refractivity contribution in [2.75, 3.05) is 32.1 Å². The molecule has 0 bridgehead atoms. The second-order valence-electron chi connectivity index (χ2n) is 6.22. The number of carbonyl (C=O) groups is 1. The molecule has 1 aromatic rings.